The Morgan fingerprint density at radius 1 is 1.45 bits per heavy atom. The number of hydrogen-bond acceptors (Lipinski definition) is 3. The van der Waals surface area contributed by atoms with Crippen LogP contribution in [-0.2, 0) is 0 Å². The van der Waals surface area contributed by atoms with E-state index in [0.29, 0.717) is 11.6 Å². The van der Waals surface area contributed by atoms with Gasteiger partial charge in [0.1, 0.15) is 5.75 Å². The number of rotatable bonds is 3. The van der Waals surface area contributed by atoms with Gasteiger partial charge in [0, 0.05) is 24.7 Å². The summed E-state index contributed by atoms with van der Waals surface area (Å²) in [6, 6.07) is 5.94. The molecule has 1 heterocycles. The highest BCUT2D eigenvalue weighted by Crippen LogP contribution is 2.26. The van der Waals surface area contributed by atoms with Crippen molar-refractivity contribution in [3.8, 4) is 5.75 Å². The molecule has 0 unspecified atom stereocenters. The van der Waals surface area contributed by atoms with Gasteiger partial charge in [-0.1, -0.05) is 0 Å². The number of benzene rings is 1. The second kappa shape index (κ2) is 6.59. The van der Waals surface area contributed by atoms with Gasteiger partial charge < -0.3 is 14.5 Å². The molecule has 1 aliphatic rings. The Kier molecular flexibility index (Phi) is 5.05. The quantitative estimate of drug-likeness (QED) is 0.847. The number of likely N-dealkylation sites (N-methyl/N-ethyl adjacent to an activating group) is 1. The summed E-state index contributed by atoms with van der Waals surface area (Å²) in [6.45, 7) is 1.64. The van der Waals surface area contributed by atoms with Crippen LogP contribution >= 0.6 is 15.9 Å². The number of halogens is 1. The van der Waals surface area contributed by atoms with E-state index < -0.39 is 0 Å². The van der Waals surface area contributed by atoms with Gasteiger partial charge in [0.2, 0.25) is 0 Å². The number of likely N-dealkylation sites (tertiary alicyclic amines) is 1. The number of hydrogen-bond donors (Lipinski definition) is 0. The van der Waals surface area contributed by atoms with Crippen LogP contribution in [0.15, 0.2) is 22.7 Å². The number of carbonyl (C=O) groups excluding carboxylic acids is 1. The fourth-order valence-electron chi connectivity index (χ4n) is 2.54. The lowest BCUT2D eigenvalue weighted by Gasteiger charge is -2.36. The lowest BCUT2D eigenvalue weighted by Crippen LogP contribution is -2.47. The zero-order valence-corrected chi connectivity index (χ0v) is 13.8. The van der Waals surface area contributed by atoms with Crippen molar-refractivity contribution in [2.45, 2.75) is 18.9 Å². The van der Waals surface area contributed by atoms with Crippen LogP contribution in [0.25, 0.3) is 0 Å². The predicted molar refractivity (Wildman–Crippen MR) is 83.3 cm³/mol. The molecule has 0 N–H and O–H groups in total. The van der Waals surface area contributed by atoms with Crippen molar-refractivity contribution < 1.29 is 9.53 Å². The van der Waals surface area contributed by atoms with Gasteiger partial charge in [-0.3, -0.25) is 4.79 Å². The van der Waals surface area contributed by atoms with Gasteiger partial charge in [-0.2, -0.15) is 0 Å². The summed E-state index contributed by atoms with van der Waals surface area (Å²) in [4.78, 5) is 16.7. The van der Waals surface area contributed by atoms with Crippen molar-refractivity contribution in [1.29, 1.82) is 0 Å². The average molecular weight is 341 g/mol. The van der Waals surface area contributed by atoms with Gasteiger partial charge in [0.25, 0.3) is 5.91 Å². The molecule has 1 fully saturated rings. The van der Waals surface area contributed by atoms with Crippen LogP contribution in [0.2, 0.25) is 0 Å². The first-order valence-electron chi connectivity index (χ1n) is 6.82. The largest absolute Gasteiger partial charge is 0.496 e. The third kappa shape index (κ3) is 3.33. The molecule has 0 saturated carbocycles. The predicted octanol–water partition coefficient (Wildman–Crippen LogP) is 2.62. The summed E-state index contributed by atoms with van der Waals surface area (Å²) in [6.07, 6.45) is 2.22. The molecular formula is C15H21BrN2O2. The van der Waals surface area contributed by atoms with Crippen molar-refractivity contribution in [3.63, 3.8) is 0 Å². The maximum Gasteiger partial charge on any atom is 0.253 e. The molecular weight excluding hydrogens is 320 g/mol. The molecule has 1 amide bonds. The Bertz CT molecular complexity index is 491. The molecule has 0 aliphatic carbocycles. The highest BCUT2D eigenvalue weighted by atomic mass is 79.9. The third-order valence-corrected chi connectivity index (χ3v) is 4.43. The molecule has 20 heavy (non-hydrogen) atoms. The fourth-order valence-corrected chi connectivity index (χ4v) is 3.08. The molecule has 5 heteroatoms. The van der Waals surface area contributed by atoms with Gasteiger partial charge in [-0.15, -0.1) is 0 Å². The van der Waals surface area contributed by atoms with Crippen LogP contribution in [0, 0.1) is 0 Å². The normalized spacial score (nSPS) is 19.2. The second-order valence-corrected chi connectivity index (χ2v) is 6.21. The van der Waals surface area contributed by atoms with Crippen LogP contribution in [0.5, 0.6) is 5.75 Å². The molecule has 0 radical (unpaired) electrons. The van der Waals surface area contributed by atoms with Crippen LogP contribution in [-0.4, -0.2) is 56.0 Å². The van der Waals surface area contributed by atoms with Crippen molar-refractivity contribution >= 4 is 21.8 Å². The molecule has 0 aromatic heterocycles. The number of piperidine rings is 1. The molecule has 1 aromatic carbocycles. The molecule has 1 aromatic rings. The van der Waals surface area contributed by atoms with Gasteiger partial charge >= 0.3 is 0 Å². The van der Waals surface area contributed by atoms with Gasteiger partial charge in [0.15, 0.2) is 0 Å². The second-order valence-electron chi connectivity index (χ2n) is 5.36. The summed E-state index contributed by atoms with van der Waals surface area (Å²) in [7, 11) is 5.76. The highest BCUT2D eigenvalue weighted by molar-refractivity contribution is 9.10. The first-order valence-corrected chi connectivity index (χ1v) is 7.61. The van der Waals surface area contributed by atoms with E-state index in [9.17, 15) is 4.79 Å². The summed E-state index contributed by atoms with van der Waals surface area (Å²) >= 11 is 3.43. The van der Waals surface area contributed by atoms with E-state index in [0.717, 1.165) is 36.2 Å². The molecule has 110 valence electrons. The standard InChI is InChI=1S/C15H21BrN2O2/c1-17(2)12-5-4-8-18(10-12)15(19)11-6-7-14(20-3)13(16)9-11/h6-7,9,12H,4-5,8,10H2,1-3H3/t12-/m1/s1. The van der Waals surface area contributed by atoms with Crippen molar-refractivity contribution in [1.82, 2.24) is 9.80 Å². The van der Waals surface area contributed by atoms with Crippen LogP contribution in [0.1, 0.15) is 23.2 Å². The first-order chi connectivity index (χ1) is 9.52. The van der Waals surface area contributed by atoms with Crippen molar-refractivity contribution in [2.75, 3.05) is 34.3 Å². The number of nitrogens with zero attached hydrogens (tertiary/aromatic N) is 2. The Hall–Kier alpha value is -1.07. The van der Waals surface area contributed by atoms with Gasteiger partial charge in [0.05, 0.1) is 11.6 Å². The van der Waals surface area contributed by atoms with Crippen molar-refractivity contribution in [2.24, 2.45) is 0 Å². The van der Waals surface area contributed by atoms with Crippen LogP contribution in [0.4, 0.5) is 0 Å². The number of methoxy groups -OCH3 is 1. The minimum atomic E-state index is 0.0971. The third-order valence-electron chi connectivity index (χ3n) is 3.81. The lowest BCUT2D eigenvalue weighted by molar-refractivity contribution is 0.0635. The minimum absolute atomic E-state index is 0.0971. The molecule has 1 saturated heterocycles. The van der Waals surface area contributed by atoms with Crippen molar-refractivity contribution in [3.05, 3.63) is 28.2 Å². The minimum Gasteiger partial charge on any atom is -0.496 e. The Morgan fingerprint density at radius 2 is 2.20 bits per heavy atom. The molecule has 1 aliphatic heterocycles. The Labute approximate surface area is 128 Å². The molecule has 2 rings (SSSR count). The van der Waals surface area contributed by atoms with Gasteiger partial charge in [-0.05, 0) is 61.1 Å². The Morgan fingerprint density at radius 3 is 2.80 bits per heavy atom. The van der Waals surface area contributed by atoms with E-state index in [1.807, 2.05) is 23.1 Å². The van der Waals surface area contributed by atoms with Gasteiger partial charge in [-0.25, -0.2) is 0 Å². The molecule has 0 spiro atoms. The van der Waals surface area contributed by atoms with E-state index in [1.54, 1.807) is 7.11 Å². The number of carbonyl (C=O) groups is 1. The summed E-state index contributed by atoms with van der Waals surface area (Å²) in [5.41, 5.74) is 0.706. The number of amides is 1. The van der Waals surface area contributed by atoms with Crippen LogP contribution < -0.4 is 4.74 Å². The molecule has 0 bridgehead atoms. The topological polar surface area (TPSA) is 32.8 Å². The zero-order valence-electron chi connectivity index (χ0n) is 12.2. The summed E-state index contributed by atoms with van der Waals surface area (Å²) < 4.78 is 6.01. The maximum absolute atomic E-state index is 12.6. The maximum atomic E-state index is 12.6. The average Bonchev–Trinajstić information content (AvgIpc) is 2.46. The van der Waals surface area contributed by atoms with Crippen LogP contribution in [0.3, 0.4) is 0 Å². The summed E-state index contributed by atoms with van der Waals surface area (Å²) in [5, 5.41) is 0. The van der Waals surface area contributed by atoms with E-state index in [1.165, 1.54) is 0 Å². The lowest BCUT2D eigenvalue weighted by atomic mass is 10.0. The number of ether oxygens (including phenoxy) is 1. The first kappa shape index (κ1) is 15.3. The monoisotopic (exact) mass is 340 g/mol. The van der Waals surface area contributed by atoms with E-state index in [4.69, 9.17) is 4.74 Å². The summed E-state index contributed by atoms with van der Waals surface area (Å²) in [5.74, 6) is 0.839. The van der Waals surface area contributed by atoms with E-state index in [2.05, 4.69) is 34.9 Å². The fraction of sp³-hybridized carbons (Fsp3) is 0.533. The SMILES string of the molecule is COc1ccc(C(=O)N2CCC[C@@H](N(C)C)C2)cc1Br. The zero-order chi connectivity index (χ0) is 14.7. The molecule has 1 atom stereocenters. The Balaban J connectivity index is 2.12. The van der Waals surface area contributed by atoms with E-state index in [-0.39, 0.29) is 5.91 Å². The molecule has 4 nitrogen and oxygen atoms in total. The highest BCUT2D eigenvalue weighted by Gasteiger charge is 2.25. The van der Waals surface area contributed by atoms with E-state index >= 15 is 0 Å². The smallest absolute Gasteiger partial charge is 0.253 e.